The van der Waals surface area contributed by atoms with Crippen molar-refractivity contribution in [3.05, 3.63) is 82.4 Å². The average Bonchev–Trinajstić information content (AvgIpc) is 3.09. The molecule has 2 aromatic carbocycles. The zero-order valence-corrected chi connectivity index (χ0v) is 17.0. The van der Waals surface area contributed by atoms with E-state index in [-0.39, 0.29) is 18.4 Å². The Labute approximate surface area is 170 Å². The number of aryl methyl sites for hydroxylation is 3. The number of hydrogen-bond donors (Lipinski definition) is 1. The van der Waals surface area contributed by atoms with Gasteiger partial charge >= 0.3 is 0 Å². The minimum absolute atomic E-state index is 0.103. The molecule has 3 aromatic rings. The SMILES string of the molecule is Cc1ccc(C)c(OCCC(=O)N[C@H](c2ccc(Cl)cc2)c2nccn2C)c1. The molecule has 28 heavy (non-hydrogen) atoms. The molecule has 0 aliphatic rings. The molecular formula is C22H24ClN3O2. The number of benzene rings is 2. The quantitative estimate of drug-likeness (QED) is 0.644. The van der Waals surface area contributed by atoms with Crippen molar-refractivity contribution in [2.24, 2.45) is 7.05 Å². The molecule has 1 atom stereocenters. The first kappa shape index (κ1) is 20.0. The minimum atomic E-state index is -0.356. The molecule has 1 heterocycles. The van der Waals surface area contributed by atoms with E-state index >= 15 is 0 Å². The standard InChI is InChI=1S/C22H24ClN3O2/c1-15-4-5-16(2)19(14-15)28-13-10-20(27)25-21(22-24-11-12-26(22)3)17-6-8-18(23)9-7-17/h4-9,11-12,14,21H,10,13H2,1-3H3,(H,25,27)/t21-/m1/s1. The lowest BCUT2D eigenvalue weighted by atomic mass is 10.1. The molecule has 146 valence electrons. The molecule has 0 aliphatic carbocycles. The number of carbonyl (C=O) groups is 1. The van der Waals surface area contributed by atoms with Gasteiger partial charge in [0, 0.05) is 24.5 Å². The highest BCUT2D eigenvalue weighted by Gasteiger charge is 2.20. The molecule has 1 N–H and O–H groups in total. The van der Waals surface area contributed by atoms with Crippen LogP contribution in [0.4, 0.5) is 0 Å². The summed E-state index contributed by atoms with van der Waals surface area (Å²) in [6.45, 7) is 4.32. The van der Waals surface area contributed by atoms with E-state index in [1.807, 2.05) is 74.1 Å². The van der Waals surface area contributed by atoms with Gasteiger partial charge in [0.2, 0.25) is 5.91 Å². The highest BCUT2D eigenvalue weighted by Crippen LogP contribution is 2.23. The number of ether oxygens (including phenoxy) is 1. The maximum Gasteiger partial charge on any atom is 0.224 e. The molecule has 1 amide bonds. The number of amides is 1. The molecular weight excluding hydrogens is 374 g/mol. The van der Waals surface area contributed by atoms with Crippen LogP contribution in [0, 0.1) is 13.8 Å². The van der Waals surface area contributed by atoms with Crippen LogP contribution in [-0.2, 0) is 11.8 Å². The molecule has 0 unspecified atom stereocenters. The van der Waals surface area contributed by atoms with Crippen molar-refractivity contribution < 1.29 is 9.53 Å². The van der Waals surface area contributed by atoms with Crippen molar-refractivity contribution in [2.45, 2.75) is 26.3 Å². The zero-order chi connectivity index (χ0) is 20.1. The first-order valence-corrected chi connectivity index (χ1v) is 9.54. The molecule has 0 saturated carbocycles. The number of rotatable bonds is 7. The molecule has 1 aromatic heterocycles. The van der Waals surface area contributed by atoms with Crippen LogP contribution >= 0.6 is 11.6 Å². The van der Waals surface area contributed by atoms with Gasteiger partial charge in [-0.2, -0.15) is 0 Å². The number of nitrogens with one attached hydrogen (secondary N) is 1. The fraction of sp³-hybridized carbons (Fsp3) is 0.273. The van der Waals surface area contributed by atoms with Gasteiger partial charge < -0.3 is 14.6 Å². The summed E-state index contributed by atoms with van der Waals surface area (Å²) in [4.78, 5) is 17.0. The van der Waals surface area contributed by atoms with Crippen molar-refractivity contribution in [2.75, 3.05) is 6.61 Å². The number of carbonyl (C=O) groups excluding carboxylic acids is 1. The Kier molecular flexibility index (Phi) is 6.37. The van der Waals surface area contributed by atoms with E-state index in [4.69, 9.17) is 16.3 Å². The predicted octanol–water partition coefficient (Wildman–Crippen LogP) is 4.37. The van der Waals surface area contributed by atoms with E-state index in [0.717, 1.165) is 28.3 Å². The lowest BCUT2D eigenvalue weighted by molar-refractivity contribution is -0.122. The van der Waals surface area contributed by atoms with E-state index < -0.39 is 0 Å². The highest BCUT2D eigenvalue weighted by atomic mass is 35.5. The van der Waals surface area contributed by atoms with Crippen molar-refractivity contribution in [3.8, 4) is 5.75 Å². The topological polar surface area (TPSA) is 56.1 Å². The number of hydrogen-bond acceptors (Lipinski definition) is 3. The largest absolute Gasteiger partial charge is 0.493 e. The van der Waals surface area contributed by atoms with Crippen LogP contribution in [-0.4, -0.2) is 22.1 Å². The minimum Gasteiger partial charge on any atom is -0.493 e. The normalized spacial score (nSPS) is 11.9. The van der Waals surface area contributed by atoms with Crippen LogP contribution in [0.5, 0.6) is 5.75 Å². The van der Waals surface area contributed by atoms with E-state index in [1.165, 1.54) is 0 Å². The maximum absolute atomic E-state index is 12.6. The lowest BCUT2D eigenvalue weighted by Crippen LogP contribution is -2.32. The van der Waals surface area contributed by atoms with E-state index in [2.05, 4.69) is 10.3 Å². The van der Waals surface area contributed by atoms with Crippen molar-refractivity contribution in [1.82, 2.24) is 14.9 Å². The van der Waals surface area contributed by atoms with Crippen LogP contribution in [0.3, 0.4) is 0 Å². The Morgan fingerprint density at radius 1 is 1.21 bits per heavy atom. The van der Waals surface area contributed by atoms with Gasteiger partial charge in [-0.25, -0.2) is 4.98 Å². The second kappa shape index (κ2) is 8.93. The van der Waals surface area contributed by atoms with Gasteiger partial charge in [-0.15, -0.1) is 0 Å². The summed E-state index contributed by atoms with van der Waals surface area (Å²) >= 11 is 6.00. The zero-order valence-electron chi connectivity index (χ0n) is 16.3. The summed E-state index contributed by atoms with van der Waals surface area (Å²) in [5.41, 5.74) is 3.10. The van der Waals surface area contributed by atoms with Crippen molar-refractivity contribution >= 4 is 17.5 Å². The fourth-order valence-corrected chi connectivity index (χ4v) is 3.08. The smallest absolute Gasteiger partial charge is 0.224 e. The Balaban J connectivity index is 1.67. The summed E-state index contributed by atoms with van der Waals surface area (Å²) in [6.07, 6.45) is 3.82. The van der Waals surface area contributed by atoms with Crippen LogP contribution in [0.25, 0.3) is 0 Å². The van der Waals surface area contributed by atoms with Crippen LogP contribution in [0.2, 0.25) is 5.02 Å². The second-order valence-corrected chi connectivity index (χ2v) is 7.25. The molecule has 0 aliphatic heterocycles. The van der Waals surface area contributed by atoms with Gasteiger partial charge in [-0.3, -0.25) is 4.79 Å². The number of imidazole rings is 1. The van der Waals surface area contributed by atoms with Crippen LogP contribution < -0.4 is 10.1 Å². The Hall–Kier alpha value is -2.79. The molecule has 0 spiro atoms. The van der Waals surface area contributed by atoms with E-state index in [1.54, 1.807) is 6.20 Å². The summed E-state index contributed by atoms with van der Waals surface area (Å²) in [5.74, 6) is 1.46. The molecule has 0 saturated heterocycles. The lowest BCUT2D eigenvalue weighted by Gasteiger charge is -2.19. The molecule has 0 radical (unpaired) electrons. The van der Waals surface area contributed by atoms with Gasteiger partial charge in [0.15, 0.2) is 0 Å². The number of nitrogens with zero attached hydrogens (tertiary/aromatic N) is 2. The Bertz CT molecular complexity index is 951. The first-order chi connectivity index (χ1) is 13.4. The first-order valence-electron chi connectivity index (χ1n) is 9.16. The third kappa shape index (κ3) is 4.93. The molecule has 3 rings (SSSR count). The molecule has 0 fully saturated rings. The monoisotopic (exact) mass is 397 g/mol. The Morgan fingerprint density at radius 2 is 1.96 bits per heavy atom. The van der Waals surface area contributed by atoms with Crippen molar-refractivity contribution in [1.29, 1.82) is 0 Å². The summed E-state index contributed by atoms with van der Waals surface area (Å²) < 4.78 is 7.70. The van der Waals surface area contributed by atoms with Gasteiger partial charge in [0.05, 0.1) is 13.0 Å². The second-order valence-electron chi connectivity index (χ2n) is 6.82. The maximum atomic E-state index is 12.6. The van der Waals surface area contributed by atoms with Gasteiger partial charge in [-0.1, -0.05) is 35.9 Å². The van der Waals surface area contributed by atoms with Gasteiger partial charge in [0.25, 0.3) is 0 Å². The molecule has 5 nitrogen and oxygen atoms in total. The van der Waals surface area contributed by atoms with E-state index in [9.17, 15) is 4.79 Å². The summed E-state index contributed by atoms with van der Waals surface area (Å²) in [7, 11) is 1.90. The van der Waals surface area contributed by atoms with Gasteiger partial charge in [0.1, 0.15) is 17.6 Å². The highest BCUT2D eigenvalue weighted by molar-refractivity contribution is 6.30. The van der Waals surface area contributed by atoms with Crippen LogP contribution in [0.15, 0.2) is 54.9 Å². The average molecular weight is 398 g/mol. The molecule has 0 bridgehead atoms. The van der Waals surface area contributed by atoms with Gasteiger partial charge in [-0.05, 0) is 48.7 Å². The summed E-state index contributed by atoms with van der Waals surface area (Å²) in [5, 5.41) is 3.71. The van der Waals surface area contributed by atoms with Crippen molar-refractivity contribution in [3.63, 3.8) is 0 Å². The number of halogens is 1. The predicted molar refractivity (Wildman–Crippen MR) is 111 cm³/mol. The number of aromatic nitrogens is 2. The van der Waals surface area contributed by atoms with E-state index in [0.29, 0.717) is 11.6 Å². The third-order valence-corrected chi connectivity index (χ3v) is 4.81. The fourth-order valence-electron chi connectivity index (χ4n) is 2.96. The third-order valence-electron chi connectivity index (χ3n) is 4.56. The summed E-state index contributed by atoms with van der Waals surface area (Å²) in [6, 6.07) is 13.1. The molecule has 6 heteroatoms. The Morgan fingerprint density at radius 3 is 2.64 bits per heavy atom. The van der Waals surface area contributed by atoms with Crippen LogP contribution in [0.1, 0.15) is 35.0 Å².